The number of carbonyl (C=O) groups is 6. The van der Waals surface area contributed by atoms with Gasteiger partial charge in [0, 0.05) is 19.9 Å². The van der Waals surface area contributed by atoms with Crippen LogP contribution in [0.3, 0.4) is 0 Å². The van der Waals surface area contributed by atoms with Crippen LogP contribution >= 0.6 is 0 Å². The summed E-state index contributed by atoms with van der Waals surface area (Å²) < 4.78 is 5.68. The zero-order chi connectivity index (χ0) is 49.0. The van der Waals surface area contributed by atoms with Gasteiger partial charge in [0.1, 0.15) is 24.2 Å². The Kier molecular flexibility index (Phi) is 22.5. The van der Waals surface area contributed by atoms with Gasteiger partial charge in [-0.2, -0.15) is 0 Å². The first kappa shape index (κ1) is 55.0. The smallest absolute Gasteiger partial charge is 0.426 e. The Morgan fingerprint density at radius 1 is 0.877 bits per heavy atom. The third-order valence-electron chi connectivity index (χ3n) is 10.2. The number of hydrogen-bond acceptors (Lipinski definition) is 12. The van der Waals surface area contributed by atoms with Crippen molar-refractivity contribution >= 4 is 48.5 Å². The summed E-state index contributed by atoms with van der Waals surface area (Å²) in [6, 6.07) is 8.28. The highest BCUT2D eigenvalue weighted by Crippen LogP contribution is 2.22. The number of amides is 6. The number of nitro groups is 1. The molecule has 0 radical (unpaired) electrons. The first-order valence-electron chi connectivity index (χ1n) is 21.5. The maximum atomic E-state index is 14.5. The van der Waals surface area contributed by atoms with Crippen LogP contribution in [-0.2, 0) is 46.5 Å². The van der Waals surface area contributed by atoms with E-state index in [0.717, 1.165) is 18.1 Å². The molecule has 0 saturated heterocycles. The molecule has 65 heavy (non-hydrogen) atoms. The molecule has 6 atom stereocenters. The van der Waals surface area contributed by atoms with Crippen molar-refractivity contribution in [2.24, 2.45) is 17.1 Å². The Labute approximate surface area is 380 Å². The van der Waals surface area contributed by atoms with Crippen LogP contribution in [0.2, 0.25) is 0 Å². The van der Waals surface area contributed by atoms with Crippen molar-refractivity contribution < 1.29 is 48.6 Å². The molecule has 358 valence electrons. The van der Waals surface area contributed by atoms with Crippen molar-refractivity contribution in [1.29, 1.82) is 5.41 Å². The summed E-state index contributed by atoms with van der Waals surface area (Å²) in [5.41, 5.74) is 6.47. The number of nitrogens with two attached hydrogens (primary N) is 1. The number of nitrogens with zero attached hydrogens (tertiary/aromatic N) is 2. The molecule has 2 aromatic carbocycles. The fraction of sp³-hybridized carbons (Fsp3) is 0.558. The predicted molar refractivity (Wildman–Crippen MR) is 242 cm³/mol. The second kappa shape index (κ2) is 26.6. The lowest BCUT2D eigenvalue weighted by atomic mass is 9.77. The van der Waals surface area contributed by atoms with E-state index in [1.54, 1.807) is 89.2 Å². The summed E-state index contributed by atoms with van der Waals surface area (Å²) in [6.45, 7) is 12.6. The van der Waals surface area contributed by atoms with Gasteiger partial charge in [-0.05, 0) is 65.6 Å². The van der Waals surface area contributed by atoms with Gasteiger partial charge in [-0.3, -0.25) is 34.2 Å². The number of aryl methyl sites for hydroxylation is 1. The van der Waals surface area contributed by atoms with E-state index in [4.69, 9.17) is 15.9 Å². The molecule has 2 rings (SSSR count). The number of hydrogen-bond donors (Lipinski definition) is 10. The van der Waals surface area contributed by atoms with E-state index in [2.05, 4.69) is 31.9 Å². The summed E-state index contributed by atoms with van der Waals surface area (Å²) >= 11 is 0. The molecule has 0 heterocycles. The number of guanidine groups is 1. The number of rotatable bonds is 26. The van der Waals surface area contributed by atoms with Crippen LogP contribution in [0, 0.1) is 33.8 Å². The van der Waals surface area contributed by atoms with Crippen molar-refractivity contribution in [3.8, 4) is 0 Å². The lowest BCUT2D eigenvalue weighted by Gasteiger charge is -2.34. The van der Waals surface area contributed by atoms with Crippen molar-refractivity contribution in [3.63, 3.8) is 0 Å². The van der Waals surface area contributed by atoms with Gasteiger partial charge in [-0.1, -0.05) is 96.1 Å². The Balaban J connectivity index is 2.59. The molecule has 2 aromatic rings. The number of nitrogens with one attached hydrogen (secondary N) is 7. The zero-order valence-electron chi connectivity index (χ0n) is 38.5. The second-order valence-electron chi connectivity index (χ2n) is 17.3. The van der Waals surface area contributed by atoms with Crippen LogP contribution in [0.4, 0.5) is 0 Å². The monoisotopic (exact) mass is 911 g/mol. The summed E-state index contributed by atoms with van der Waals surface area (Å²) in [4.78, 5) is 95.7. The van der Waals surface area contributed by atoms with E-state index in [-0.39, 0.29) is 56.2 Å². The predicted octanol–water partition coefficient (Wildman–Crippen LogP) is 0.365. The molecule has 22 heteroatoms. The van der Waals surface area contributed by atoms with Crippen LogP contribution in [0.15, 0.2) is 54.6 Å². The van der Waals surface area contributed by atoms with E-state index in [1.807, 2.05) is 13.8 Å². The minimum absolute atomic E-state index is 0.00860. The molecule has 11 N–H and O–H groups in total. The summed E-state index contributed by atoms with van der Waals surface area (Å²) in [5, 5.41) is 54.3. The molecule has 0 saturated carbocycles. The average Bonchev–Trinajstić information content (AvgIpc) is 3.21. The molecule has 0 bridgehead atoms. The lowest BCUT2D eigenvalue weighted by Crippen LogP contribution is -2.63. The maximum absolute atomic E-state index is 14.5. The van der Waals surface area contributed by atoms with Gasteiger partial charge >= 0.3 is 13.0 Å². The molecule has 0 spiro atoms. The number of carbonyl (C=O) groups excluding carboxylic acids is 6. The molecule has 21 nitrogen and oxygen atoms in total. The SMILES string of the molecule is CCC(NC(=O)[C@H](CC(C)C)NC(=O)[C@@H](NC(=O)[C@H](Cc1ccccc1C)NC(=O)[C@H](CCCNC(=N)N)N(C(=O)[C@H](COCc1ccccc1)NC(C)=O)[N+](=O)[O-])C(C)(C)C)B(O)O. The van der Waals surface area contributed by atoms with E-state index in [9.17, 15) is 48.9 Å². The minimum Gasteiger partial charge on any atom is -0.426 e. The Morgan fingerprint density at radius 3 is 2.02 bits per heavy atom. The van der Waals surface area contributed by atoms with Gasteiger partial charge in [0.25, 0.3) is 0 Å². The molecule has 0 aromatic heterocycles. The topological polar surface area (TPSA) is 321 Å². The fourth-order valence-electron chi connectivity index (χ4n) is 6.76. The van der Waals surface area contributed by atoms with Crippen molar-refractivity contribution in [3.05, 3.63) is 81.4 Å². The van der Waals surface area contributed by atoms with Crippen LogP contribution in [0.1, 0.15) is 90.8 Å². The molecule has 6 amide bonds. The third kappa shape index (κ3) is 18.9. The van der Waals surface area contributed by atoms with Crippen molar-refractivity contribution in [2.45, 2.75) is 130 Å². The van der Waals surface area contributed by atoms with Crippen LogP contribution in [-0.4, -0.2) is 118 Å². The second-order valence-corrected chi connectivity index (χ2v) is 17.3. The number of hydrazine groups is 1. The quantitative estimate of drug-likeness (QED) is 0.0153. The molecular weight excluding hydrogens is 843 g/mol. The first-order valence-corrected chi connectivity index (χ1v) is 21.5. The average molecular weight is 911 g/mol. The molecule has 0 aliphatic rings. The van der Waals surface area contributed by atoms with Gasteiger partial charge in [0.05, 0.1) is 19.2 Å². The van der Waals surface area contributed by atoms with E-state index >= 15 is 0 Å². The highest BCUT2D eigenvalue weighted by molar-refractivity contribution is 6.43. The fourth-order valence-corrected chi connectivity index (χ4v) is 6.76. The first-order chi connectivity index (χ1) is 30.5. The van der Waals surface area contributed by atoms with E-state index < -0.39 is 102 Å². The van der Waals surface area contributed by atoms with E-state index in [1.165, 1.54) is 0 Å². The van der Waals surface area contributed by atoms with E-state index in [0.29, 0.717) is 5.56 Å². The molecule has 0 aliphatic carbocycles. The largest absolute Gasteiger partial charge is 0.475 e. The number of benzene rings is 2. The highest BCUT2D eigenvalue weighted by atomic mass is 16.7. The zero-order valence-corrected chi connectivity index (χ0v) is 38.5. The van der Waals surface area contributed by atoms with Crippen LogP contribution < -0.4 is 37.6 Å². The van der Waals surface area contributed by atoms with Gasteiger partial charge in [0.2, 0.25) is 29.5 Å². The van der Waals surface area contributed by atoms with Gasteiger partial charge in [-0.25, -0.2) is 10.1 Å². The molecule has 0 aliphatic heterocycles. The summed E-state index contributed by atoms with van der Waals surface area (Å²) in [5.74, 6) is -6.96. The Hall–Kier alpha value is -6.13. The third-order valence-corrected chi connectivity index (χ3v) is 10.2. The minimum atomic E-state index is -1.90. The normalized spacial score (nSPS) is 14.0. The van der Waals surface area contributed by atoms with Crippen LogP contribution in [0.25, 0.3) is 0 Å². The maximum Gasteiger partial charge on any atom is 0.475 e. The van der Waals surface area contributed by atoms with Crippen molar-refractivity contribution in [1.82, 2.24) is 36.9 Å². The van der Waals surface area contributed by atoms with Gasteiger partial charge in [-0.15, -0.1) is 0 Å². The van der Waals surface area contributed by atoms with Crippen molar-refractivity contribution in [2.75, 3.05) is 13.2 Å². The molecular formula is C43H67BN10O11. The summed E-state index contributed by atoms with van der Waals surface area (Å²) in [6.07, 6.45) is -0.247. The Morgan fingerprint density at radius 2 is 1.48 bits per heavy atom. The molecule has 0 fully saturated rings. The summed E-state index contributed by atoms with van der Waals surface area (Å²) in [7, 11) is -1.86. The standard InChI is InChI=1S/C43H67BN10O11/c1-9-35(44(61)62)51-37(56)31(22-26(2)3)50-40(59)36(43(6,7)8)52-38(57)32(23-30-19-14-13-16-27(30)4)49-39(58)34(20-15-21-47-42(45)46)53(54(63)64)41(60)33(48-28(5)55)25-65-24-29-17-11-10-12-18-29/h10-14,16-19,26,31-36,61-62H,9,15,20-25H2,1-8H3,(H,48,55)(H,49,58)(H,50,59)(H,51,56)(H,52,57)(H4,45,46,47)/t31-,32-,33-,34-,35?,36+/m0/s1. The van der Waals surface area contributed by atoms with Crippen LogP contribution in [0.5, 0.6) is 0 Å². The highest BCUT2D eigenvalue weighted by Gasteiger charge is 2.44. The number of ether oxygens (including phenoxy) is 1. The van der Waals surface area contributed by atoms with Gasteiger partial charge in [0.15, 0.2) is 17.0 Å². The molecule has 1 unspecified atom stereocenters. The van der Waals surface area contributed by atoms with Gasteiger partial charge < -0.3 is 52.4 Å². The lowest BCUT2D eigenvalue weighted by molar-refractivity contribution is -0.640. The Bertz CT molecular complexity index is 1930.